The monoisotopic (exact) mass is 559 g/mol. The molecular formula is C30H23Cl2N3O4. The standard InChI is InChI=1S/C30H23Cl2N3O4/c1-2-38-30(37)23(15-33)27-22-8-5-7-20(17-12-18(31)14-19(32)13-17)28(22)34-16-24(27)29(36)35-25-10-11-39-26-9-4-3-6-21(25)26/h3-9,12-14,16,23,25H,2,10-11H2,1H3,(H,35,36). The lowest BCUT2D eigenvalue weighted by atomic mass is 9.89. The van der Waals surface area contributed by atoms with Gasteiger partial charge in [0, 0.05) is 44.7 Å². The molecule has 1 N–H and O–H groups in total. The first-order valence-corrected chi connectivity index (χ1v) is 13.1. The zero-order valence-corrected chi connectivity index (χ0v) is 22.4. The third-order valence-electron chi connectivity index (χ3n) is 6.56. The van der Waals surface area contributed by atoms with Gasteiger partial charge in [0.25, 0.3) is 5.91 Å². The number of fused-ring (bicyclic) bond motifs is 2. The van der Waals surface area contributed by atoms with Crippen LogP contribution < -0.4 is 10.1 Å². The molecule has 7 nitrogen and oxygen atoms in total. The van der Waals surface area contributed by atoms with E-state index in [0.717, 1.165) is 5.56 Å². The molecule has 1 aromatic heterocycles. The van der Waals surface area contributed by atoms with Gasteiger partial charge in [-0.05, 0) is 36.8 Å². The minimum atomic E-state index is -1.35. The maximum atomic E-state index is 13.7. The molecule has 0 saturated heterocycles. The van der Waals surface area contributed by atoms with Crippen LogP contribution in [0.5, 0.6) is 5.75 Å². The van der Waals surface area contributed by atoms with Gasteiger partial charge in [0.2, 0.25) is 0 Å². The van der Waals surface area contributed by atoms with Crippen molar-refractivity contribution in [3.63, 3.8) is 0 Å². The summed E-state index contributed by atoms with van der Waals surface area (Å²) in [6.45, 7) is 2.20. The summed E-state index contributed by atoms with van der Waals surface area (Å²) in [5.74, 6) is -1.84. The van der Waals surface area contributed by atoms with Gasteiger partial charge >= 0.3 is 5.97 Å². The number of aromatic nitrogens is 1. The summed E-state index contributed by atoms with van der Waals surface area (Å²) in [7, 11) is 0. The summed E-state index contributed by atoms with van der Waals surface area (Å²) in [5.41, 5.74) is 3.08. The van der Waals surface area contributed by atoms with Crippen molar-refractivity contribution in [3.05, 3.63) is 93.6 Å². The van der Waals surface area contributed by atoms with Crippen molar-refractivity contribution >= 4 is 46.0 Å². The quantitative estimate of drug-likeness (QED) is 0.266. The van der Waals surface area contributed by atoms with Crippen LogP contribution in [0.2, 0.25) is 10.0 Å². The van der Waals surface area contributed by atoms with E-state index in [1.54, 1.807) is 37.3 Å². The molecule has 2 atom stereocenters. The van der Waals surface area contributed by atoms with Crippen LogP contribution in [-0.4, -0.2) is 30.1 Å². The normalized spacial score (nSPS) is 15.0. The zero-order valence-electron chi connectivity index (χ0n) is 20.9. The molecule has 1 aliphatic heterocycles. The number of hydrogen-bond donors (Lipinski definition) is 1. The number of pyridine rings is 1. The van der Waals surface area contributed by atoms with Crippen LogP contribution in [0.15, 0.2) is 66.9 Å². The van der Waals surface area contributed by atoms with Crippen molar-refractivity contribution < 1.29 is 19.1 Å². The number of para-hydroxylation sites is 2. The average Bonchev–Trinajstić information content (AvgIpc) is 2.93. The number of halogens is 2. The summed E-state index contributed by atoms with van der Waals surface area (Å²) >= 11 is 12.5. The van der Waals surface area contributed by atoms with Crippen molar-refractivity contribution in [2.24, 2.45) is 0 Å². The van der Waals surface area contributed by atoms with E-state index in [1.807, 2.05) is 36.4 Å². The Hall–Kier alpha value is -4.12. The summed E-state index contributed by atoms with van der Waals surface area (Å²) in [6, 6.07) is 19.7. The average molecular weight is 560 g/mol. The Bertz CT molecular complexity index is 1610. The molecule has 9 heteroatoms. The predicted octanol–water partition coefficient (Wildman–Crippen LogP) is 6.63. The molecule has 2 heterocycles. The molecule has 3 aromatic carbocycles. The van der Waals surface area contributed by atoms with E-state index < -0.39 is 17.8 Å². The molecule has 0 fully saturated rings. The van der Waals surface area contributed by atoms with Crippen molar-refractivity contribution in [2.45, 2.75) is 25.3 Å². The third kappa shape index (κ3) is 5.26. The number of rotatable bonds is 6. The number of esters is 1. The van der Waals surface area contributed by atoms with Gasteiger partial charge in [0.15, 0.2) is 5.92 Å². The lowest BCUT2D eigenvalue weighted by molar-refractivity contribution is -0.143. The Balaban J connectivity index is 1.66. The van der Waals surface area contributed by atoms with Gasteiger partial charge in [-0.25, -0.2) is 0 Å². The van der Waals surface area contributed by atoms with Crippen molar-refractivity contribution in [1.82, 2.24) is 10.3 Å². The molecule has 5 rings (SSSR count). The highest BCUT2D eigenvalue weighted by molar-refractivity contribution is 6.35. The Morgan fingerprint density at radius 2 is 1.92 bits per heavy atom. The van der Waals surface area contributed by atoms with Crippen LogP contribution in [0.1, 0.15) is 46.8 Å². The SMILES string of the molecule is CCOC(=O)C(C#N)c1c(C(=O)NC2CCOc3ccccc32)cnc2c(-c3cc(Cl)cc(Cl)c3)cccc12. The molecule has 0 bridgehead atoms. The molecule has 4 aromatic rings. The van der Waals surface area contributed by atoms with E-state index in [4.69, 9.17) is 32.7 Å². The zero-order chi connectivity index (χ0) is 27.5. The molecule has 1 amide bonds. The van der Waals surface area contributed by atoms with Gasteiger partial charge in [-0.15, -0.1) is 0 Å². The van der Waals surface area contributed by atoms with Gasteiger partial charge < -0.3 is 14.8 Å². The van der Waals surface area contributed by atoms with Crippen molar-refractivity contribution in [2.75, 3.05) is 13.2 Å². The maximum absolute atomic E-state index is 13.7. The van der Waals surface area contributed by atoms with E-state index in [1.165, 1.54) is 6.20 Å². The molecule has 0 spiro atoms. The second kappa shape index (κ2) is 11.3. The lowest BCUT2D eigenvalue weighted by Gasteiger charge is -2.27. The number of hydrogen-bond acceptors (Lipinski definition) is 6. The molecule has 0 saturated carbocycles. The molecule has 2 unspecified atom stereocenters. The number of benzene rings is 3. The van der Waals surface area contributed by atoms with Crippen LogP contribution >= 0.6 is 23.2 Å². The van der Waals surface area contributed by atoms with Crippen LogP contribution in [0.4, 0.5) is 0 Å². The Morgan fingerprint density at radius 3 is 2.67 bits per heavy atom. The van der Waals surface area contributed by atoms with Gasteiger partial charge in [-0.2, -0.15) is 5.26 Å². The van der Waals surface area contributed by atoms with Crippen LogP contribution in [-0.2, 0) is 9.53 Å². The van der Waals surface area contributed by atoms with Crippen molar-refractivity contribution in [3.8, 4) is 22.9 Å². The van der Waals surface area contributed by atoms with Crippen molar-refractivity contribution in [1.29, 1.82) is 5.26 Å². The van der Waals surface area contributed by atoms with E-state index in [-0.39, 0.29) is 23.8 Å². The van der Waals surface area contributed by atoms with E-state index in [9.17, 15) is 14.9 Å². The molecule has 39 heavy (non-hydrogen) atoms. The van der Waals surface area contributed by atoms with Gasteiger partial charge in [0.05, 0.1) is 36.4 Å². The van der Waals surface area contributed by atoms with E-state index in [2.05, 4.69) is 10.3 Å². The van der Waals surface area contributed by atoms with E-state index in [0.29, 0.717) is 50.9 Å². The number of carbonyl (C=O) groups is 2. The Morgan fingerprint density at radius 1 is 1.15 bits per heavy atom. The maximum Gasteiger partial charge on any atom is 0.327 e. The molecule has 0 radical (unpaired) electrons. The predicted molar refractivity (Wildman–Crippen MR) is 149 cm³/mol. The number of ether oxygens (including phenoxy) is 2. The smallest absolute Gasteiger partial charge is 0.327 e. The number of nitrogens with zero attached hydrogens (tertiary/aromatic N) is 2. The number of nitrogens with one attached hydrogen (secondary N) is 1. The van der Waals surface area contributed by atoms with Gasteiger partial charge in [-0.3, -0.25) is 14.6 Å². The summed E-state index contributed by atoms with van der Waals surface area (Å²) in [6.07, 6.45) is 1.97. The second-order valence-electron chi connectivity index (χ2n) is 8.96. The van der Waals surface area contributed by atoms with E-state index >= 15 is 0 Å². The topological polar surface area (TPSA) is 101 Å². The number of amides is 1. The van der Waals surface area contributed by atoms with Crippen LogP contribution in [0, 0.1) is 11.3 Å². The number of carbonyl (C=O) groups excluding carboxylic acids is 2. The molecule has 196 valence electrons. The highest BCUT2D eigenvalue weighted by Gasteiger charge is 2.31. The molecule has 1 aliphatic rings. The summed E-state index contributed by atoms with van der Waals surface area (Å²) in [5, 5.41) is 14.5. The Labute approximate surface area is 235 Å². The summed E-state index contributed by atoms with van der Waals surface area (Å²) < 4.78 is 10.9. The molecule has 0 aliphatic carbocycles. The Kier molecular flexibility index (Phi) is 7.69. The first kappa shape index (κ1) is 26.5. The van der Waals surface area contributed by atoms with Gasteiger partial charge in [-0.1, -0.05) is 59.6 Å². The fourth-order valence-electron chi connectivity index (χ4n) is 4.87. The lowest BCUT2D eigenvalue weighted by Crippen LogP contribution is -2.33. The third-order valence-corrected chi connectivity index (χ3v) is 7.00. The minimum Gasteiger partial charge on any atom is -0.493 e. The first-order valence-electron chi connectivity index (χ1n) is 12.4. The highest BCUT2D eigenvalue weighted by atomic mass is 35.5. The largest absolute Gasteiger partial charge is 0.493 e. The fourth-order valence-corrected chi connectivity index (χ4v) is 5.39. The highest BCUT2D eigenvalue weighted by Crippen LogP contribution is 2.37. The number of nitriles is 1. The van der Waals surface area contributed by atoms with Crippen LogP contribution in [0.3, 0.4) is 0 Å². The fraction of sp³-hybridized carbons (Fsp3) is 0.200. The summed E-state index contributed by atoms with van der Waals surface area (Å²) in [4.78, 5) is 31.3. The van der Waals surface area contributed by atoms with Gasteiger partial charge in [0.1, 0.15) is 5.75 Å². The molecular weight excluding hydrogens is 537 g/mol. The first-order chi connectivity index (χ1) is 18.9. The van der Waals surface area contributed by atoms with Crippen LogP contribution in [0.25, 0.3) is 22.0 Å². The minimum absolute atomic E-state index is 0.0900. The second-order valence-corrected chi connectivity index (χ2v) is 9.83.